The molecular formula is C26H33N5O5S. The molecule has 37 heavy (non-hydrogen) atoms. The molecule has 198 valence electrons. The number of nitrogens with zero attached hydrogens (tertiary/aromatic N) is 4. The molecule has 3 heterocycles. The van der Waals surface area contributed by atoms with Crippen LogP contribution in [0.15, 0.2) is 6.07 Å². The summed E-state index contributed by atoms with van der Waals surface area (Å²) in [6.07, 6.45) is 6.60. The minimum Gasteiger partial charge on any atom is -0.355 e. The van der Waals surface area contributed by atoms with Crippen LogP contribution in [0.25, 0.3) is 0 Å². The molecule has 0 unspecified atom stereocenters. The van der Waals surface area contributed by atoms with Crippen molar-refractivity contribution in [2.24, 2.45) is 17.8 Å². The maximum Gasteiger partial charge on any atom is 0.236 e. The highest BCUT2D eigenvalue weighted by atomic mass is 32.2. The molecule has 2 saturated heterocycles. The number of hydrogen-bond acceptors (Lipinski definition) is 8. The fraction of sp³-hybridized carbons (Fsp3) is 0.654. The van der Waals surface area contributed by atoms with Crippen LogP contribution in [-0.2, 0) is 26.2 Å². The van der Waals surface area contributed by atoms with E-state index in [2.05, 4.69) is 10.8 Å². The normalized spacial score (nSPS) is 21.0. The molecule has 10 nitrogen and oxygen atoms in total. The number of nitriles is 1. The Bertz CT molecular complexity index is 1240. The zero-order valence-electron chi connectivity index (χ0n) is 20.9. The number of Topliss-reactive ketones (excluding diaryl/α,β-unsaturated/α-hetero) is 1. The molecule has 4 aliphatic rings. The second-order valence-corrected chi connectivity index (χ2v) is 12.6. The van der Waals surface area contributed by atoms with Gasteiger partial charge in [0.15, 0.2) is 5.78 Å². The Kier molecular flexibility index (Phi) is 7.21. The largest absolute Gasteiger partial charge is 0.355 e. The monoisotopic (exact) mass is 527 g/mol. The lowest BCUT2D eigenvalue weighted by Gasteiger charge is -2.33. The number of piperidine rings is 1. The van der Waals surface area contributed by atoms with E-state index in [0.717, 1.165) is 38.5 Å². The second-order valence-electron chi connectivity index (χ2n) is 10.8. The number of hydrogen-bond donors (Lipinski definition) is 1. The highest BCUT2D eigenvalue weighted by Gasteiger charge is 2.35. The zero-order chi connectivity index (χ0) is 26.2. The van der Waals surface area contributed by atoms with Crippen molar-refractivity contribution >= 4 is 33.4 Å². The summed E-state index contributed by atoms with van der Waals surface area (Å²) in [6, 6.07) is 3.79. The lowest BCUT2D eigenvalue weighted by molar-refractivity contribution is -0.128. The van der Waals surface area contributed by atoms with Crippen LogP contribution in [-0.4, -0.2) is 61.3 Å². The number of rotatable bonds is 9. The maximum atomic E-state index is 13.0. The molecule has 2 aliphatic carbocycles. The summed E-state index contributed by atoms with van der Waals surface area (Å²) in [5, 5.41) is 9.87. The summed E-state index contributed by atoms with van der Waals surface area (Å²) in [5.41, 5.74) is 1.24. The molecule has 4 fully saturated rings. The Balaban J connectivity index is 1.30. The van der Waals surface area contributed by atoms with E-state index in [9.17, 15) is 28.1 Å². The molecule has 2 aliphatic heterocycles. The molecule has 2 saturated carbocycles. The first kappa shape index (κ1) is 25.6. The lowest BCUT2D eigenvalue weighted by Crippen LogP contribution is -2.44. The van der Waals surface area contributed by atoms with Gasteiger partial charge in [0.2, 0.25) is 21.8 Å². The highest BCUT2D eigenvalue weighted by molar-refractivity contribution is 7.90. The topological polar surface area (TPSA) is 141 Å². The quantitative estimate of drug-likeness (QED) is 0.482. The van der Waals surface area contributed by atoms with Crippen LogP contribution in [0.5, 0.6) is 0 Å². The minimum atomic E-state index is -3.64. The van der Waals surface area contributed by atoms with Gasteiger partial charge < -0.3 is 9.80 Å². The summed E-state index contributed by atoms with van der Waals surface area (Å²) in [5.74, 6) is -0.326. The highest BCUT2D eigenvalue weighted by Crippen LogP contribution is 2.35. The van der Waals surface area contributed by atoms with Crippen molar-refractivity contribution in [3.05, 3.63) is 22.9 Å². The fourth-order valence-corrected chi connectivity index (χ4v) is 6.93. The minimum absolute atomic E-state index is 0.00125. The van der Waals surface area contributed by atoms with E-state index in [1.807, 2.05) is 4.90 Å². The molecule has 2 amide bonds. The predicted molar refractivity (Wildman–Crippen MR) is 135 cm³/mol. The second kappa shape index (κ2) is 10.4. The van der Waals surface area contributed by atoms with E-state index in [-0.39, 0.29) is 35.8 Å². The average molecular weight is 528 g/mol. The van der Waals surface area contributed by atoms with E-state index < -0.39 is 21.8 Å². The van der Waals surface area contributed by atoms with Gasteiger partial charge in [-0.1, -0.05) is 6.42 Å². The van der Waals surface area contributed by atoms with Crippen LogP contribution in [0.4, 0.5) is 5.82 Å². The molecule has 11 heteroatoms. The van der Waals surface area contributed by atoms with E-state index in [1.54, 1.807) is 11.0 Å². The number of likely N-dealkylation sites (tertiary alicyclic amines) is 1. The number of ketones is 1. The standard InChI is InChI=1S/C26H33N5O5S/c27-14-20-13-21(24(33)18-6-7-18)22(15-31-10-2-5-23(31)32)28-25(20)30-11-8-19(9-12-30)26(34)29-37(35,36)16-17-3-1-4-17/h13,17-19H,1-12,15-16H2,(H,29,34). The Morgan fingerprint density at radius 2 is 1.78 bits per heavy atom. The molecule has 5 rings (SSSR count). The van der Waals surface area contributed by atoms with Gasteiger partial charge in [-0.05, 0) is 56.9 Å². The van der Waals surface area contributed by atoms with Gasteiger partial charge in [-0.2, -0.15) is 5.26 Å². The predicted octanol–water partition coefficient (Wildman–Crippen LogP) is 2.13. The number of amides is 2. The number of aromatic nitrogens is 1. The number of pyridine rings is 1. The van der Waals surface area contributed by atoms with Gasteiger partial charge in [-0.15, -0.1) is 0 Å². The maximum absolute atomic E-state index is 13.0. The van der Waals surface area contributed by atoms with Gasteiger partial charge >= 0.3 is 0 Å². The summed E-state index contributed by atoms with van der Waals surface area (Å²) < 4.78 is 27.0. The number of carbonyl (C=O) groups excluding carboxylic acids is 3. The SMILES string of the molecule is N#Cc1cc(C(=O)C2CC2)c(CN2CCCC2=O)nc1N1CCC(C(=O)NS(=O)(=O)CC2CCC2)CC1. The number of carbonyl (C=O) groups is 3. The Morgan fingerprint density at radius 3 is 2.35 bits per heavy atom. The van der Waals surface area contributed by atoms with Crippen molar-refractivity contribution in [1.29, 1.82) is 5.26 Å². The molecule has 1 N–H and O–H groups in total. The first-order chi connectivity index (χ1) is 17.7. The smallest absolute Gasteiger partial charge is 0.236 e. The summed E-state index contributed by atoms with van der Waals surface area (Å²) in [6.45, 7) is 1.72. The molecule has 1 aromatic heterocycles. The molecule has 0 bridgehead atoms. The van der Waals surface area contributed by atoms with Crippen LogP contribution < -0.4 is 9.62 Å². The third kappa shape index (κ3) is 5.79. The van der Waals surface area contributed by atoms with Gasteiger partial charge in [0, 0.05) is 43.5 Å². The van der Waals surface area contributed by atoms with Crippen LogP contribution in [0, 0.1) is 29.1 Å². The third-order valence-corrected chi connectivity index (χ3v) is 9.45. The van der Waals surface area contributed by atoms with E-state index in [1.165, 1.54) is 0 Å². The molecule has 0 radical (unpaired) electrons. The summed E-state index contributed by atoms with van der Waals surface area (Å²) in [7, 11) is -3.64. The van der Waals surface area contributed by atoms with E-state index >= 15 is 0 Å². The van der Waals surface area contributed by atoms with Crippen LogP contribution >= 0.6 is 0 Å². The third-order valence-electron chi connectivity index (χ3n) is 8.03. The number of sulfonamides is 1. The Morgan fingerprint density at radius 1 is 1.05 bits per heavy atom. The number of nitrogens with one attached hydrogen (secondary N) is 1. The molecular weight excluding hydrogens is 494 g/mol. The zero-order valence-corrected chi connectivity index (χ0v) is 21.8. The van der Waals surface area contributed by atoms with Crippen LogP contribution in [0.1, 0.15) is 79.4 Å². The Hall–Kier alpha value is -3.00. The number of anilines is 1. The van der Waals surface area contributed by atoms with Crippen molar-refractivity contribution in [2.75, 3.05) is 30.3 Å². The van der Waals surface area contributed by atoms with Crippen LogP contribution in [0.3, 0.4) is 0 Å². The fourth-order valence-electron chi connectivity index (χ4n) is 5.42. The first-order valence-corrected chi connectivity index (χ1v) is 14.9. The van der Waals surface area contributed by atoms with Crippen LogP contribution in [0.2, 0.25) is 0 Å². The lowest BCUT2D eigenvalue weighted by atomic mass is 9.87. The van der Waals surface area contributed by atoms with Gasteiger partial charge in [-0.3, -0.25) is 19.1 Å². The van der Waals surface area contributed by atoms with Gasteiger partial charge in [0.25, 0.3) is 0 Å². The van der Waals surface area contributed by atoms with Gasteiger partial charge in [0.05, 0.1) is 23.6 Å². The molecule has 1 aromatic rings. The van der Waals surface area contributed by atoms with E-state index in [0.29, 0.717) is 61.5 Å². The van der Waals surface area contributed by atoms with Crippen molar-refractivity contribution in [1.82, 2.24) is 14.6 Å². The summed E-state index contributed by atoms with van der Waals surface area (Å²) >= 11 is 0. The Labute approximate surface area is 217 Å². The van der Waals surface area contributed by atoms with Crippen molar-refractivity contribution < 1.29 is 22.8 Å². The first-order valence-electron chi connectivity index (χ1n) is 13.3. The van der Waals surface area contributed by atoms with Gasteiger partial charge in [-0.25, -0.2) is 13.4 Å². The molecule has 0 aromatic carbocycles. The van der Waals surface area contributed by atoms with Crippen molar-refractivity contribution in [2.45, 2.75) is 64.3 Å². The van der Waals surface area contributed by atoms with Crippen molar-refractivity contribution in [3.8, 4) is 6.07 Å². The average Bonchev–Trinajstić information content (AvgIpc) is 3.63. The molecule has 0 atom stereocenters. The molecule has 0 spiro atoms. The summed E-state index contributed by atoms with van der Waals surface area (Å²) in [4.78, 5) is 46.3. The van der Waals surface area contributed by atoms with E-state index in [4.69, 9.17) is 4.98 Å². The van der Waals surface area contributed by atoms with Crippen molar-refractivity contribution in [3.63, 3.8) is 0 Å². The van der Waals surface area contributed by atoms with Gasteiger partial charge in [0.1, 0.15) is 11.9 Å².